The van der Waals surface area contributed by atoms with Gasteiger partial charge in [-0.1, -0.05) is 36.4 Å². The number of aromatic hydroxyl groups is 1. The Morgan fingerprint density at radius 3 is 2.48 bits per heavy atom. The van der Waals surface area contributed by atoms with Crippen LogP contribution in [0.2, 0.25) is 0 Å². The van der Waals surface area contributed by atoms with Crippen LogP contribution in [0.15, 0.2) is 75.4 Å². The van der Waals surface area contributed by atoms with E-state index in [1.807, 2.05) is 6.07 Å². The molecule has 0 spiro atoms. The molecule has 29 heavy (non-hydrogen) atoms. The molecule has 0 aliphatic heterocycles. The summed E-state index contributed by atoms with van der Waals surface area (Å²) >= 11 is 0. The van der Waals surface area contributed by atoms with Crippen molar-refractivity contribution in [2.45, 2.75) is 6.92 Å². The highest BCUT2D eigenvalue weighted by molar-refractivity contribution is 6.01. The van der Waals surface area contributed by atoms with Crippen LogP contribution in [0.1, 0.15) is 11.3 Å². The van der Waals surface area contributed by atoms with Gasteiger partial charge < -0.3 is 5.11 Å². The predicted molar refractivity (Wildman–Crippen MR) is 112 cm³/mol. The molecule has 4 rings (SSSR count). The van der Waals surface area contributed by atoms with Crippen molar-refractivity contribution in [3.63, 3.8) is 0 Å². The van der Waals surface area contributed by atoms with Crippen LogP contribution in [0, 0.1) is 6.92 Å². The molecule has 2 aromatic carbocycles. The molecule has 0 amide bonds. The molecule has 0 atom stereocenters. The molecule has 0 saturated carbocycles. The number of benzene rings is 2. The Morgan fingerprint density at radius 1 is 1.07 bits per heavy atom. The highest BCUT2D eigenvalue weighted by Gasteiger charge is 2.16. The van der Waals surface area contributed by atoms with E-state index in [0.29, 0.717) is 27.7 Å². The van der Waals surface area contributed by atoms with E-state index in [-0.39, 0.29) is 22.9 Å². The summed E-state index contributed by atoms with van der Waals surface area (Å²) in [5.74, 6) is -0.0671. The quantitative estimate of drug-likeness (QED) is 0.368. The van der Waals surface area contributed by atoms with E-state index in [2.05, 4.69) is 20.5 Å². The van der Waals surface area contributed by atoms with Crippen LogP contribution in [0.3, 0.4) is 0 Å². The second-order valence-electron chi connectivity index (χ2n) is 6.36. The molecule has 8 nitrogen and oxygen atoms in total. The Labute approximate surface area is 164 Å². The van der Waals surface area contributed by atoms with Crippen LogP contribution in [0.4, 0.5) is 5.95 Å². The van der Waals surface area contributed by atoms with Gasteiger partial charge in [-0.2, -0.15) is 5.10 Å². The summed E-state index contributed by atoms with van der Waals surface area (Å²) < 4.78 is 1.23. The fraction of sp³-hybridized carbons (Fsp3) is 0.0476. The molecule has 0 aliphatic rings. The van der Waals surface area contributed by atoms with Crippen molar-refractivity contribution >= 4 is 22.9 Å². The number of hydrogen-bond acceptors (Lipinski definition) is 6. The van der Waals surface area contributed by atoms with E-state index in [9.17, 15) is 14.7 Å². The molecule has 0 bridgehead atoms. The number of fused-ring (bicyclic) bond motifs is 1. The second-order valence-corrected chi connectivity index (χ2v) is 6.36. The Hall–Kier alpha value is -4.20. The number of nitrogens with zero attached hydrogens (tertiary/aromatic N) is 3. The van der Waals surface area contributed by atoms with Crippen molar-refractivity contribution in [1.82, 2.24) is 14.5 Å². The first-order chi connectivity index (χ1) is 14.0. The molecular formula is C21H17N5O3. The predicted octanol–water partition coefficient (Wildman–Crippen LogP) is 2.53. The fourth-order valence-corrected chi connectivity index (χ4v) is 3.10. The number of aromatic nitrogens is 3. The van der Waals surface area contributed by atoms with Crippen molar-refractivity contribution in [2.24, 2.45) is 5.10 Å². The van der Waals surface area contributed by atoms with Gasteiger partial charge in [0.05, 0.1) is 17.5 Å². The second kappa shape index (κ2) is 7.43. The van der Waals surface area contributed by atoms with Crippen molar-refractivity contribution in [3.8, 4) is 11.6 Å². The molecule has 0 aliphatic carbocycles. The van der Waals surface area contributed by atoms with Crippen LogP contribution in [-0.2, 0) is 0 Å². The third kappa shape index (κ3) is 3.51. The van der Waals surface area contributed by atoms with Gasteiger partial charge in [-0.3, -0.25) is 14.6 Å². The standard InChI is InChI=1S/C21H17N5O3/c1-13-11-18(27)24-21(23-13)25-22-12-17-15-9-5-6-10-16(15)19(28)26(20(17)29)14-7-3-2-4-8-14/h2-12,29H,1H3,(H2,23,24,25,27)/b22-12+. The topological polar surface area (TPSA) is 112 Å². The number of rotatable bonds is 4. The maximum atomic E-state index is 13.0. The van der Waals surface area contributed by atoms with E-state index in [4.69, 9.17) is 0 Å². The smallest absolute Gasteiger partial charge is 0.265 e. The molecule has 0 fully saturated rings. The summed E-state index contributed by atoms with van der Waals surface area (Å²) in [6, 6.07) is 17.2. The monoisotopic (exact) mass is 387 g/mol. The van der Waals surface area contributed by atoms with Gasteiger partial charge in [-0.05, 0) is 25.1 Å². The highest BCUT2D eigenvalue weighted by Crippen LogP contribution is 2.25. The molecule has 2 heterocycles. The summed E-state index contributed by atoms with van der Waals surface area (Å²) in [7, 11) is 0. The third-order valence-corrected chi connectivity index (χ3v) is 4.35. The first-order valence-electron chi connectivity index (χ1n) is 8.84. The lowest BCUT2D eigenvalue weighted by Crippen LogP contribution is -2.20. The zero-order chi connectivity index (χ0) is 20.4. The molecule has 8 heteroatoms. The number of hydrazone groups is 1. The van der Waals surface area contributed by atoms with Gasteiger partial charge in [0.1, 0.15) is 0 Å². The number of para-hydroxylation sites is 1. The van der Waals surface area contributed by atoms with Gasteiger partial charge in [0.25, 0.3) is 11.1 Å². The summed E-state index contributed by atoms with van der Waals surface area (Å²) in [5, 5.41) is 16.0. The molecule has 3 N–H and O–H groups in total. The van der Waals surface area contributed by atoms with Crippen LogP contribution < -0.4 is 16.5 Å². The van der Waals surface area contributed by atoms with E-state index in [1.165, 1.54) is 16.8 Å². The normalized spacial score (nSPS) is 11.2. The largest absolute Gasteiger partial charge is 0.494 e. The first kappa shape index (κ1) is 18.2. The van der Waals surface area contributed by atoms with Crippen LogP contribution in [0.5, 0.6) is 5.88 Å². The van der Waals surface area contributed by atoms with Crippen LogP contribution in [-0.4, -0.2) is 25.9 Å². The van der Waals surface area contributed by atoms with E-state index in [0.717, 1.165) is 0 Å². The Balaban J connectivity index is 1.85. The summed E-state index contributed by atoms with van der Waals surface area (Å²) in [4.78, 5) is 31.2. The van der Waals surface area contributed by atoms with Crippen molar-refractivity contribution in [1.29, 1.82) is 0 Å². The lowest BCUT2D eigenvalue weighted by atomic mass is 10.1. The minimum atomic E-state index is -0.334. The molecule has 2 aromatic heterocycles. The first-order valence-corrected chi connectivity index (χ1v) is 8.84. The van der Waals surface area contributed by atoms with Gasteiger partial charge in [0.15, 0.2) is 0 Å². The number of aromatic amines is 1. The average Bonchev–Trinajstić information content (AvgIpc) is 2.71. The number of H-pyrrole nitrogens is 1. The fourth-order valence-electron chi connectivity index (χ4n) is 3.10. The number of aryl methyl sites for hydroxylation is 1. The highest BCUT2D eigenvalue weighted by atomic mass is 16.3. The van der Waals surface area contributed by atoms with Gasteiger partial charge in [-0.25, -0.2) is 15.0 Å². The summed E-state index contributed by atoms with van der Waals surface area (Å²) in [5.41, 5.74) is 3.43. The van der Waals surface area contributed by atoms with Gasteiger partial charge in [0.2, 0.25) is 11.8 Å². The van der Waals surface area contributed by atoms with Gasteiger partial charge >= 0.3 is 0 Å². The maximum Gasteiger partial charge on any atom is 0.265 e. The molecule has 0 radical (unpaired) electrons. The van der Waals surface area contributed by atoms with Crippen LogP contribution >= 0.6 is 0 Å². The third-order valence-electron chi connectivity index (χ3n) is 4.35. The zero-order valence-electron chi connectivity index (χ0n) is 15.5. The van der Waals surface area contributed by atoms with Crippen molar-refractivity contribution in [2.75, 3.05) is 5.43 Å². The number of nitrogens with one attached hydrogen (secondary N) is 2. The Morgan fingerprint density at radius 2 is 1.76 bits per heavy atom. The summed E-state index contributed by atoms with van der Waals surface area (Å²) in [6.45, 7) is 1.69. The molecular weight excluding hydrogens is 370 g/mol. The van der Waals surface area contributed by atoms with Gasteiger partial charge in [-0.15, -0.1) is 0 Å². The van der Waals surface area contributed by atoms with E-state index < -0.39 is 0 Å². The molecule has 0 saturated heterocycles. The number of pyridine rings is 1. The minimum absolute atomic E-state index is 0.173. The average molecular weight is 387 g/mol. The van der Waals surface area contributed by atoms with E-state index >= 15 is 0 Å². The van der Waals surface area contributed by atoms with Crippen LogP contribution in [0.25, 0.3) is 16.5 Å². The van der Waals surface area contributed by atoms with E-state index in [1.54, 1.807) is 55.5 Å². The Kier molecular flexibility index (Phi) is 4.66. The lowest BCUT2D eigenvalue weighted by molar-refractivity contribution is 0.436. The number of hydrogen-bond donors (Lipinski definition) is 3. The van der Waals surface area contributed by atoms with Crippen molar-refractivity contribution < 1.29 is 5.11 Å². The van der Waals surface area contributed by atoms with Crippen molar-refractivity contribution in [3.05, 3.63) is 92.6 Å². The Bertz CT molecular complexity index is 1340. The van der Waals surface area contributed by atoms with Gasteiger partial charge in [0, 0.05) is 22.5 Å². The number of anilines is 1. The zero-order valence-corrected chi connectivity index (χ0v) is 15.5. The molecule has 144 valence electrons. The summed E-state index contributed by atoms with van der Waals surface area (Å²) in [6.07, 6.45) is 1.39. The molecule has 4 aromatic rings. The SMILES string of the molecule is Cc1cc(=O)[nH]c(N/N=C/c2c(O)n(-c3ccccc3)c(=O)c3ccccc23)n1. The molecule has 0 unspecified atom stereocenters. The maximum absolute atomic E-state index is 13.0. The lowest BCUT2D eigenvalue weighted by Gasteiger charge is -2.13. The minimum Gasteiger partial charge on any atom is -0.494 e.